The first-order chi connectivity index (χ1) is 12.5. The van der Waals surface area contributed by atoms with Gasteiger partial charge in [-0.25, -0.2) is 0 Å². The quantitative estimate of drug-likeness (QED) is 0.648. The maximum Gasteiger partial charge on any atom is 0.313 e. The summed E-state index contributed by atoms with van der Waals surface area (Å²) in [5.41, 5.74) is 2.30. The number of aliphatic hydroxyl groups excluding tert-OH is 1. The second kappa shape index (κ2) is 9.91. The Morgan fingerprint density at radius 3 is 2.46 bits per heavy atom. The number of anilines is 1. The van der Waals surface area contributed by atoms with E-state index in [0.717, 1.165) is 11.1 Å². The molecule has 26 heavy (non-hydrogen) atoms. The molecule has 138 valence electrons. The third-order valence-electron chi connectivity index (χ3n) is 3.64. The molecule has 1 atom stereocenters. The van der Waals surface area contributed by atoms with E-state index in [1.165, 1.54) is 0 Å². The van der Waals surface area contributed by atoms with Crippen molar-refractivity contribution in [1.29, 1.82) is 0 Å². The number of benzene rings is 2. The van der Waals surface area contributed by atoms with Crippen LogP contribution in [0, 0.1) is 6.92 Å². The molecule has 2 amide bonds. The Labute approximate surface area is 157 Å². The number of nitrogens with one attached hydrogen (secondary N) is 2. The fourth-order valence-corrected chi connectivity index (χ4v) is 2.44. The van der Waals surface area contributed by atoms with E-state index >= 15 is 0 Å². The summed E-state index contributed by atoms with van der Waals surface area (Å²) in [4.78, 5) is 24.1. The average molecular weight is 377 g/mol. The Balaban J connectivity index is 1.96. The van der Waals surface area contributed by atoms with Gasteiger partial charge in [0.2, 0.25) is 0 Å². The van der Waals surface area contributed by atoms with Crippen LogP contribution in [-0.4, -0.2) is 36.7 Å². The zero-order chi connectivity index (χ0) is 18.9. The number of hydrogen-bond donors (Lipinski definition) is 3. The second-order valence-corrected chi connectivity index (χ2v) is 6.04. The molecule has 7 heteroatoms. The molecule has 0 aromatic heterocycles. The van der Waals surface area contributed by atoms with E-state index in [1.54, 1.807) is 24.3 Å². The lowest BCUT2D eigenvalue weighted by Crippen LogP contribution is -2.38. The molecule has 1 unspecified atom stereocenters. The van der Waals surface area contributed by atoms with E-state index in [-0.39, 0.29) is 19.8 Å². The Hall–Kier alpha value is -2.41. The molecule has 2 rings (SSSR count). The minimum absolute atomic E-state index is 0.0951. The van der Waals surface area contributed by atoms with Gasteiger partial charge in [0.15, 0.2) is 0 Å². The van der Waals surface area contributed by atoms with Crippen molar-refractivity contribution in [3.63, 3.8) is 0 Å². The molecule has 0 radical (unpaired) electrons. The molecule has 0 spiro atoms. The lowest BCUT2D eigenvalue weighted by atomic mass is 10.1. The minimum atomic E-state index is -0.817. The number of aryl methyl sites for hydroxylation is 1. The van der Waals surface area contributed by atoms with Crippen molar-refractivity contribution in [2.75, 3.05) is 25.1 Å². The summed E-state index contributed by atoms with van der Waals surface area (Å²) in [6.07, 6.45) is -0.472. The number of ether oxygens (including phenoxy) is 1. The average Bonchev–Trinajstić information content (AvgIpc) is 2.64. The zero-order valence-corrected chi connectivity index (χ0v) is 15.1. The smallest absolute Gasteiger partial charge is 0.313 e. The number of hydrogen-bond acceptors (Lipinski definition) is 4. The molecule has 0 aliphatic rings. The SMILES string of the molecule is Cc1ccc(C(CNC(=O)C(=O)Nc2ccccc2Cl)OCCO)cc1. The van der Waals surface area contributed by atoms with Crippen molar-refractivity contribution < 1.29 is 19.4 Å². The van der Waals surface area contributed by atoms with Gasteiger partial charge in [0.1, 0.15) is 0 Å². The van der Waals surface area contributed by atoms with Crippen LogP contribution in [0.4, 0.5) is 5.69 Å². The van der Waals surface area contributed by atoms with Crippen LogP contribution < -0.4 is 10.6 Å². The molecule has 0 saturated heterocycles. The van der Waals surface area contributed by atoms with Crippen LogP contribution in [-0.2, 0) is 14.3 Å². The fourth-order valence-electron chi connectivity index (χ4n) is 2.26. The molecule has 6 nitrogen and oxygen atoms in total. The number of carbonyl (C=O) groups is 2. The monoisotopic (exact) mass is 376 g/mol. The van der Waals surface area contributed by atoms with Crippen molar-refractivity contribution in [2.45, 2.75) is 13.0 Å². The van der Waals surface area contributed by atoms with E-state index < -0.39 is 17.9 Å². The summed E-state index contributed by atoms with van der Waals surface area (Å²) in [6, 6.07) is 14.3. The standard InChI is InChI=1S/C19H21ClN2O4/c1-13-6-8-14(9-7-13)17(26-11-10-23)12-21-18(24)19(25)22-16-5-3-2-4-15(16)20/h2-9,17,23H,10-12H2,1H3,(H,21,24)(H,22,25). The van der Waals surface area contributed by atoms with Gasteiger partial charge in [-0.1, -0.05) is 53.6 Å². The Kier molecular flexibility index (Phi) is 7.59. The van der Waals surface area contributed by atoms with Crippen molar-refractivity contribution in [3.8, 4) is 0 Å². The number of halogens is 1. The van der Waals surface area contributed by atoms with Crippen LogP contribution >= 0.6 is 11.6 Å². The highest BCUT2D eigenvalue weighted by Crippen LogP contribution is 2.20. The van der Waals surface area contributed by atoms with E-state index in [1.807, 2.05) is 31.2 Å². The Morgan fingerprint density at radius 2 is 1.81 bits per heavy atom. The topological polar surface area (TPSA) is 87.7 Å². The molecule has 0 fully saturated rings. The zero-order valence-electron chi connectivity index (χ0n) is 14.4. The van der Waals surface area contributed by atoms with Crippen LogP contribution in [0.2, 0.25) is 5.02 Å². The predicted molar refractivity (Wildman–Crippen MR) is 100 cm³/mol. The Morgan fingerprint density at radius 1 is 1.12 bits per heavy atom. The van der Waals surface area contributed by atoms with Crippen LogP contribution in [0.15, 0.2) is 48.5 Å². The normalized spacial score (nSPS) is 11.7. The van der Waals surface area contributed by atoms with Gasteiger partial charge in [-0.3, -0.25) is 9.59 Å². The molecule has 0 bridgehead atoms. The molecule has 0 heterocycles. The highest BCUT2D eigenvalue weighted by Gasteiger charge is 2.18. The van der Waals surface area contributed by atoms with E-state index in [4.69, 9.17) is 21.4 Å². The molecular weight excluding hydrogens is 356 g/mol. The maximum absolute atomic E-state index is 12.1. The van der Waals surface area contributed by atoms with Gasteiger partial charge in [-0.2, -0.15) is 0 Å². The first-order valence-corrected chi connectivity index (χ1v) is 8.51. The summed E-state index contributed by atoms with van der Waals surface area (Å²) >= 11 is 5.96. The molecule has 0 aliphatic carbocycles. The molecule has 2 aromatic carbocycles. The van der Waals surface area contributed by atoms with E-state index in [9.17, 15) is 9.59 Å². The third kappa shape index (κ3) is 5.84. The number of carbonyl (C=O) groups excluding carboxylic acids is 2. The van der Waals surface area contributed by atoms with Gasteiger partial charge in [-0.15, -0.1) is 0 Å². The summed E-state index contributed by atoms with van der Waals surface area (Å²) < 4.78 is 5.57. The van der Waals surface area contributed by atoms with E-state index in [2.05, 4.69) is 10.6 Å². The third-order valence-corrected chi connectivity index (χ3v) is 3.97. The van der Waals surface area contributed by atoms with Crippen molar-refractivity contribution >= 4 is 29.1 Å². The summed E-state index contributed by atoms with van der Waals surface area (Å²) in [7, 11) is 0. The van der Waals surface area contributed by atoms with Crippen molar-refractivity contribution in [2.24, 2.45) is 0 Å². The first-order valence-electron chi connectivity index (χ1n) is 8.14. The largest absolute Gasteiger partial charge is 0.394 e. The van der Waals surface area contributed by atoms with Gasteiger partial charge in [-0.05, 0) is 24.6 Å². The number of amides is 2. The van der Waals surface area contributed by atoms with Gasteiger partial charge >= 0.3 is 11.8 Å². The summed E-state index contributed by atoms with van der Waals surface area (Å²) in [6.45, 7) is 2.05. The number of rotatable bonds is 7. The van der Waals surface area contributed by atoms with Crippen molar-refractivity contribution in [1.82, 2.24) is 5.32 Å². The minimum Gasteiger partial charge on any atom is -0.394 e. The first kappa shape index (κ1) is 19.9. The van der Waals surface area contributed by atoms with Gasteiger partial charge in [0.05, 0.1) is 30.0 Å². The molecule has 2 aromatic rings. The summed E-state index contributed by atoms with van der Waals surface area (Å²) in [5.74, 6) is -1.61. The lowest BCUT2D eigenvalue weighted by Gasteiger charge is -2.18. The fraction of sp³-hybridized carbons (Fsp3) is 0.263. The molecular formula is C19H21ClN2O4. The van der Waals surface area contributed by atoms with E-state index in [0.29, 0.717) is 10.7 Å². The van der Waals surface area contributed by atoms with Crippen LogP contribution in [0.5, 0.6) is 0 Å². The van der Waals surface area contributed by atoms with Gasteiger partial charge < -0.3 is 20.5 Å². The van der Waals surface area contributed by atoms with Crippen LogP contribution in [0.1, 0.15) is 17.2 Å². The van der Waals surface area contributed by atoms with Gasteiger partial charge in [0.25, 0.3) is 0 Å². The number of para-hydroxylation sites is 1. The summed E-state index contributed by atoms with van der Waals surface area (Å²) in [5, 5.41) is 14.3. The highest BCUT2D eigenvalue weighted by molar-refractivity contribution is 6.41. The highest BCUT2D eigenvalue weighted by atomic mass is 35.5. The molecule has 0 saturated carbocycles. The molecule has 0 aliphatic heterocycles. The maximum atomic E-state index is 12.1. The van der Waals surface area contributed by atoms with Crippen LogP contribution in [0.25, 0.3) is 0 Å². The number of aliphatic hydroxyl groups is 1. The van der Waals surface area contributed by atoms with Crippen LogP contribution in [0.3, 0.4) is 0 Å². The molecule has 3 N–H and O–H groups in total. The lowest BCUT2D eigenvalue weighted by molar-refractivity contribution is -0.136. The van der Waals surface area contributed by atoms with Crippen molar-refractivity contribution in [3.05, 3.63) is 64.7 Å². The second-order valence-electron chi connectivity index (χ2n) is 5.64. The predicted octanol–water partition coefficient (Wildman–Crippen LogP) is 2.45. The Bertz CT molecular complexity index is 749. The van der Waals surface area contributed by atoms with Gasteiger partial charge in [0, 0.05) is 6.54 Å².